The third-order valence-electron chi connectivity index (χ3n) is 6.95. The minimum absolute atomic E-state index is 0.266. The van der Waals surface area contributed by atoms with E-state index in [4.69, 9.17) is 11.6 Å². The smallest absolute Gasteiger partial charge is 0.267 e. The van der Waals surface area contributed by atoms with Crippen molar-refractivity contribution in [3.8, 4) is 0 Å². The third-order valence-corrected chi connectivity index (χ3v) is 8.17. The summed E-state index contributed by atoms with van der Waals surface area (Å²) < 4.78 is 0. The van der Waals surface area contributed by atoms with E-state index in [1.54, 1.807) is 6.07 Å². The average Bonchev–Trinajstić information content (AvgIpc) is 3.35. The number of hydrogen-bond donors (Lipinski definition) is 2. The molecule has 2 N–H and O–H groups in total. The fraction of sp³-hybridized carbons (Fsp3) is 0.480. The number of likely N-dealkylation sites (N-methyl/N-ethyl adjacent to an activating group) is 1. The number of rotatable bonds is 6. The number of nitrogens with zero attached hydrogens (tertiary/aromatic N) is 7. The van der Waals surface area contributed by atoms with Gasteiger partial charge in [0, 0.05) is 45.3 Å². The summed E-state index contributed by atoms with van der Waals surface area (Å²) in [5.74, 6) is 1.47. The van der Waals surface area contributed by atoms with Gasteiger partial charge in [-0.1, -0.05) is 35.1 Å². The van der Waals surface area contributed by atoms with E-state index >= 15 is 0 Å². The number of carbonyl (C=O) groups is 1. The van der Waals surface area contributed by atoms with Gasteiger partial charge >= 0.3 is 0 Å². The molecule has 196 valence electrons. The van der Waals surface area contributed by atoms with E-state index in [0.717, 1.165) is 57.7 Å². The van der Waals surface area contributed by atoms with Gasteiger partial charge in [-0.3, -0.25) is 15.0 Å². The zero-order valence-corrected chi connectivity index (χ0v) is 22.9. The molecule has 2 aliphatic rings. The quantitative estimate of drug-likeness (QED) is 0.482. The first kappa shape index (κ1) is 25.8. The highest BCUT2D eigenvalue weighted by molar-refractivity contribution is 7.17. The van der Waals surface area contributed by atoms with Gasteiger partial charge in [-0.15, -0.1) is 0 Å². The molecule has 1 aromatic carbocycles. The van der Waals surface area contributed by atoms with Crippen LogP contribution in [0, 0.1) is 13.8 Å². The lowest BCUT2D eigenvalue weighted by Gasteiger charge is -2.42. The number of halogens is 1. The number of benzene rings is 1. The number of thiazole rings is 1. The maximum absolute atomic E-state index is 12.8. The van der Waals surface area contributed by atoms with Crippen LogP contribution in [0.2, 0.25) is 5.02 Å². The topological polar surface area (TPSA) is 102 Å². The van der Waals surface area contributed by atoms with Crippen LogP contribution in [-0.2, 0) is 0 Å². The molecule has 2 fully saturated rings. The van der Waals surface area contributed by atoms with Crippen LogP contribution in [0.15, 0.2) is 24.4 Å². The van der Waals surface area contributed by atoms with Crippen molar-refractivity contribution in [3.05, 3.63) is 45.7 Å². The number of anilines is 4. The molecule has 10 nitrogen and oxygen atoms in total. The molecule has 0 bridgehead atoms. The Morgan fingerprint density at radius 1 is 1.05 bits per heavy atom. The van der Waals surface area contributed by atoms with Crippen LogP contribution < -0.4 is 15.5 Å². The molecule has 2 saturated heterocycles. The Morgan fingerprint density at radius 2 is 1.81 bits per heavy atom. The summed E-state index contributed by atoms with van der Waals surface area (Å²) in [5, 5.41) is 7.06. The molecule has 5 rings (SSSR count). The van der Waals surface area contributed by atoms with Gasteiger partial charge in [-0.2, -0.15) is 15.0 Å². The van der Waals surface area contributed by atoms with Gasteiger partial charge in [0.15, 0.2) is 5.13 Å². The van der Waals surface area contributed by atoms with Crippen LogP contribution >= 0.6 is 22.9 Å². The Balaban J connectivity index is 1.21. The van der Waals surface area contributed by atoms with Crippen LogP contribution in [0.25, 0.3) is 0 Å². The lowest BCUT2D eigenvalue weighted by Crippen LogP contribution is -2.52. The standard InChI is InChI=1S/C25H32ClN9OS/c1-16-5-4-6-19(26)21(16)30-22(36)20-15-27-25(37-20)32-23-28-17(2)29-24(31-23)35-9-7-18(8-10-35)34-13-11-33(3)12-14-34/h4-6,15,18H,7-14H2,1-3H3,(H,30,36)(H,27,28,29,31,32). The number of piperidine rings is 1. The molecule has 2 aliphatic heterocycles. The molecule has 0 spiro atoms. The Bertz CT molecular complexity index is 1230. The molecule has 0 atom stereocenters. The van der Waals surface area contributed by atoms with E-state index in [2.05, 4.69) is 52.3 Å². The highest BCUT2D eigenvalue weighted by Crippen LogP contribution is 2.28. The third kappa shape index (κ3) is 6.18. The Kier molecular flexibility index (Phi) is 7.84. The summed E-state index contributed by atoms with van der Waals surface area (Å²) in [6.07, 6.45) is 3.74. The Morgan fingerprint density at radius 3 is 2.54 bits per heavy atom. The zero-order chi connectivity index (χ0) is 25.9. The summed E-state index contributed by atoms with van der Waals surface area (Å²) in [6, 6.07) is 6.12. The highest BCUT2D eigenvalue weighted by atomic mass is 35.5. The van der Waals surface area contributed by atoms with Crippen molar-refractivity contribution in [1.29, 1.82) is 0 Å². The molecule has 1 amide bonds. The van der Waals surface area contributed by atoms with E-state index in [-0.39, 0.29) is 5.91 Å². The maximum atomic E-state index is 12.8. The largest absolute Gasteiger partial charge is 0.341 e. The lowest BCUT2D eigenvalue weighted by molar-refractivity contribution is 0.0980. The fourth-order valence-corrected chi connectivity index (χ4v) is 5.76. The van der Waals surface area contributed by atoms with Crippen LogP contribution in [0.3, 0.4) is 0 Å². The first-order valence-electron chi connectivity index (χ1n) is 12.6. The fourth-order valence-electron chi connectivity index (χ4n) is 4.78. The molecule has 3 aromatic rings. The molecule has 12 heteroatoms. The first-order chi connectivity index (χ1) is 17.9. The van der Waals surface area contributed by atoms with E-state index in [0.29, 0.717) is 44.5 Å². The number of amides is 1. The van der Waals surface area contributed by atoms with Crippen molar-refractivity contribution in [1.82, 2.24) is 29.7 Å². The summed E-state index contributed by atoms with van der Waals surface area (Å²) >= 11 is 7.48. The van der Waals surface area contributed by atoms with Gasteiger partial charge in [0.1, 0.15) is 10.7 Å². The predicted molar refractivity (Wildman–Crippen MR) is 148 cm³/mol. The Hall–Kier alpha value is -2.86. The number of nitrogens with one attached hydrogen (secondary N) is 2. The summed E-state index contributed by atoms with van der Waals surface area (Å²) in [6.45, 7) is 10.2. The molecule has 4 heterocycles. The van der Waals surface area contributed by atoms with Crippen molar-refractivity contribution >= 4 is 51.6 Å². The molecule has 0 radical (unpaired) electrons. The average molecular weight is 542 g/mol. The number of aromatic nitrogens is 4. The van der Waals surface area contributed by atoms with Crippen molar-refractivity contribution < 1.29 is 4.79 Å². The lowest BCUT2D eigenvalue weighted by atomic mass is 10.0. The normalized spacial score (nSPS) is 17.7. The highest BCUT2D eigenvalue weighted by Gasteiger charge is 2.28. The van der Waals surface area contributed by atoms with Gasteiger partial charge in [0.25, 0.3) is 5.91 Å². The second-order valence-corrected chi connectivity index (χ2v) is 11.0. The molecule has 0 saturated carbocycles. The minimum atomic E-state index is -0.266. The summed E-state index contributed by atoms with van der Waals surface area (Å²) in [4.78, 5) is 38.5. The van der Waals surface area contributed by atoms with Crippen molar-refractivity contribution in [2.75, 3.05) is 61.8 Å². The second kappa shape index (κ2) is 11.3. The van der Waals surface area contributed by atoms with E-state index in [9.17, 15) is 4.79 Å². The molecule has 2 aromatic heterocycles. The van der Waals surface area contributed by atoms with Crippen molar-refractivity contribution in [2.24, 2.45) is 0 Å². The summed E-state index contributed by atoms with van der Waals surface area (Å²) in [5.41, 5.74) is 1.50. The number of piperazine rings is 1. The monoisotopic (exact) mass is 541 g/mol. The number of aryl methyl sites for hydroxylation is 2. The van der Waals surface area contributed by atoms with Crippen molar-refractivity contribution in [3.63, 3.8) is 0 Å². The van der Waals surface area contributed by atoms with E-state index in [1.165, 1.54) is 17.5 Å². The van der Waals surface area contributed by atoms with Crippen LogP contribution in [-0.4, -0.2) is 88.0 Å². The van der Waals surface area contributed by atoms with Gasteiger partial charge in [0.2, 0.25) is 11.9 Å². The van der Waals surface area contributed by atoms with Crippen LogP contribution in [0.1, 0.15) is 33.9 Å². The van der Waals surface area contributed by atoms with Crippen molar-refractivity contribution in [2.45, 2.75) is 32.7 Å². The van der Waals surface area contributed by atoms with Gasteiger partial charge in [0.05, 0.1) is 16.9 Å². The molecule has 0 unspecified atom stereocenters. The van der Waals surface area contributed by atoms with Gasteiger partial charge < -0.3 is 15.1 Å². The number of carbonyl (C=O) groups excluding carboxylic acids is 1. The molecular weight excluding hydrogens is 510 g/mol. The predicted octanol–water partition coefficient (Wildman–Crippen LogP) is 3.81. The summed E-state index contributed by atoms with van der Waals surface area (Å²) in [7, 11) is 2.19. The Labute approximate surface area is 226 Å². The van der Waals surface area contributed by atoms with Gasteiger partial charge in [-0.05, 0) is 45.4 Å². The SMILES string of the molecule is Cc1nc(Nc2ncc(C(=O)Nc3c(C)cccc3Cl)s2)nc(N2CCC(N3CCN(C)CC3)CC2)n1. The first-order valence-corrected chi connectivity index (χ1v) is 13.7. The van der Waals surface area contributed by atoms with Crippen LogP contribution in [0.4, 0.5) is 22.7 Å². The molecular formula is C25H32ClN9OS. The molecule has 0 aliphatic carbocycles. The zero-order valence-electron chi connectivity index (χ0n) is 21.4. The second-order valence-electron chi connectivity index (χ2n) is 9.60. The number of para-hydroxylation sites is 1. The molecule has 37 heavy (non-hydrogen) atoms. The van der Waals surface area contributed by atoms with E-state index in [1.807, 2.05) is 26.0 Å². The van der Waals surface area contributed by atoms with E-state index < -0.39 is 0 Å². The van der Waals surface area contributed by atoms with Gasteiger partial charge in [-0.25, -0.2) is 4.98 Å². The van der Waals surface area contributed by atoms with Crippen LogP contribution in [0.5, 0.6) is 0 Å². The maximum Gasteiger partial charge on any atom is 0.267 e. The minimum Gasteiger partial charge on any atom is -0.341 e. The number of hydrogen-bond acceptors (Lipinski definition) is 10.